The Labute approximate surface area is 177 Å². The number of ether oxygens (including phenoxy) is 2. The zero-order valence-electron chi connectivity index (χ0n) is 17.2. The maximum atomic E-state index is 13.0. The van der Waals surface area contributed by atoms with E-state index in [0.717, 1.165) is 22.7 Å². The molecule has 0 bridgehead atoms. The lowest BCUT2D eigenvalue weighted by Crippen LogP contribution is -2.35. The standard InChI is InChI=1S/C25H26N2O3/c1-3-30-24-15-11-21(12-16-24)26-25(28)27(22-13-17-23(29-2)18-14-22)19-7-10-20-8-5-4-6-9-20/h4-18H,3,19H2,1-2H3,(H,26,28)/b10-7+. The summed E-state index contributed by atoms with van der Waals surface area (Å²) in [6.07, 6.45) is 3.97. The van der Waals surface area contributed by atoms with E-state index in [-0.39, 0.29) is 6.03 Å². The number of rotatable bonds is 8. The fraction of sp³-hybridized carbons (Fsp3) is 0.160. The topological polar surface area (TPSA) is 50.8 Å². The van der Waals surface area contributed by atoms with Crippen molar-refractivity contribution in [2.24, 2.45) is 0 Å². The van der Waals surface area contributed by atoms with Crippen LogP contribution in [0.4, 0.5) is 16.2 Å². The second-order valence-corrected chi connectivity index (χ2v) is 6.51. The molecule has 0 atom stereocenters. The molecule has 3 aromatic rings. The first kappa shape index (κ1) is 21.0. The lowest BCUT2D eigenvalue weighted by molar-refractivity contribution is 0.257. The summed E-state index contributed by atoms with van der Waals surface area (Å²) < 4.78 is 10.7. The van der Waals surface area contributed by atoms with Crippen molar-refractivity contribution < 1.29 is 14.3 Å². The average Bonchev–Trinajstić information content (AvgIpc) is 2.79. The molecule has 3 rings (SSSR count). The molecule has 30 heavy (non-hydrogen) atoms. The average molecular weight is 402 g/mol. The minimum Gasteiger partial charge on any atom is -0.497 e. The Bertz CT molecular complexity index is 952. The SMILES string of the molecule is CCOc1ccc(NC(=O)N(C/C=C/c2ccccc2)c2ccc(OC)cc2)cc1. The van der Waals surface area contributed by atoms with Crippen LogP contribution in [0.5, 0.6) is 11.5 Å². The Morgan fingerprint density at radius 1 is 0.933 bits per heavy atom. The molecule has 5 heteroatoms. The van der Waals surface area contributed by atoms with Crippen LogP contribution in [0.2, 0.25) is 0 Å². The molecule has 154 valence electrons. The largest absolute Gasteiger partial charge is 0.497 e. The number of hydrogen-bond acceptors (Lipinski definition) is 3. The van der Waals surface area contributed by atoms with Gasteiger partial charge in [0.05, 0.1) is 13.7 Å². The normalized spacial score (nSPS) is 10.6. The van der Waals surface area contributed by atoms with Crippen LogP contribution in [-0.2, 0) is 0 Å². The first-order valence-electron chi connectivity index (χ1n) is 9.86. The predicted octanol–water partition coefficient (Wildman–Crippen LogP) is 5.85. The van der Waals surface area contributed by atoms with Gasteiger partial charge in [-0.15, -0.1) is 0 Å². The summed E-state index contributed by atoms with van der Waals surface area (Å²) in [6.45, 7) is 2.96. The van der Waals surface area contributed by atoms with Crippen molar-refractivity contribution >= 4 is 23.5 Å². The predicted molar refractivity (Wildman–Crippen MR) is 122 cm³/mol. The van der Waals surface area contributed by atoms with Crippen molar-refractivity contribution in [2.45, 2.75) is 6.92 Å². The maximum Gasteiger partial charge on any atom is 0.326 e. The quantitative estimate of drug-likeness (QED) is 0.514. The smallest absolute Gasteiger partial charge is 0.326 e. The van der Waals surface area contributed by atoms with E-state index in [1.807, 2.05) is 97.9 Å². The van der Waals surface area contributed by atoms with E-state index in [1.165, 1.54) is 0 Å². The number of anilines is 2. The van der Waals surface area contributed by atoms with Gasteiger partial charge >= 0.3 is 6.03 Å². The van der Waals surface area contributed by atoms with Crippen LogP contribution in [0.1, 0.15) is 12.5 Å². The molecule has 0 saturated heterocycles. The summed E-state index contributed by atoms with van der Waals surface area (Å²) in [7, 11) is 1.62. The summed E-state index contributed by atoms with van der Waals surface area (Å²) in [5, 5.41) is 2.95. The number of amides is 2. The van der Waals surface area contributed by atoms with E-state index < -0.39 is 0 Å². The number of nitrogens with one attached hydrogen (secondary N) is 1. The summed E-state index contributed by atoms with van der Waals surface area (Å²) in [6, 6.07) is 24.5. The van der Waals surface area contributed by atoms with E-state index in [1.54, 1.807) is 12.0 Å². The fourth-order valence-electron chi connectivity index (χ4n) is 2.92. The third-order valence-electron chi connectivity index (χ3n) is 4.44. The van der Waals surface area contributed by atoms with E-state index in [0.29, 0.717) is 18.8 Å². The minimum atomic E-state index is -0.220. The number of carbonyl (C=O) groups is 1. The summed E-state index contributed by atoms with van der Waals surface area (Å²) in [5.74, 6) is 1.51. The van der Waals surface area contributed by atoms with E-state index in [4.69, 9.17) is 9.47 Å². The van der Waals surface area contributed by atoms with Crippen molar-refractivity contribution in [3.05, 3.63) is 90.5 Å². The highest BCUT2D eigenvalue weighted by molar-refractivity contribution is 6.02. The molecule has 1 N–H and O–H groups in total. The van der Waals surface area contributed by atoms with Crippen LogP contribution in [0.15, 0.2) is 84.9 Å². The van der Waals surface area contributed by atoms with E-state index in [2.05, 4.69) is 5.32 Å². The van der Waals surface area contributed by atoms with Gasteiger partial charge in [-0.2, -0.15) is 0 Å². The molecular weight excluding hydrogens is 376 g/mol. The van der Waals surface area contributed by atoms with Crippen molar-refractivity contribution in [1.29, 1.82) is 0 Å². The Balaban J connectivity index is 1.76. The molecule has 0 radical (unpaired) electrons. The molecule has 0 spiro atoms. The zero-order valence-corrected chi connectivity index (χ0v) is 17.2. The van der Waals surface area contributed by atoms with E-state index >= 15 is 0 Å². The second kappa shape index (κ2) is 10.7. The highest BCUT2D eigenvalue weighted by Gasteiger charge is 2.15. The van der Waals surface area contributed by atoms with Gasteiger partial charge in [0.1, 0.15) is 11.5 Å². The monoisotopic (exact) mass is 402 g/mol. The zero-order chi connectivity index (χ0) is 21.2. The Morgan fingerprint density at radius 2 is 1.60 bits per heavy atom. The lowest BCUT2D eigenvalue weighted by Gasteiger charge is -2.22. The number of carbonyl (C=O) groups excluding carboxylic acids is 1. The van der Waals surface area contributed by atoms with Gasteiger partial charge in [-0.3, -0.25) is 4.90 Å². The number of urea groups is 1. The molecule has 0 heterocycles. The number of hydrogen-bond donors (Lipinski definition) is 1. The molecule has 0 fully saturated rings. The van der Waals surface area contributed by atoms with Crippen LogP contribution in [-0.4, -0.2) is 26.3 Å². The first-order valence-corrected chi connectivity index (χ1v) is 9.86. The highest BCUT2D eigenvalue weighted by atomic mass is 16.5. The summed E-state index contributed by atoms with van der Waals surface area (Å²) in [4.78, 5) is 14.7. The van der Waals surface area contributed by atoms with Crippen LogP contribution in [0, 0.1) is 0 Å². The minimum absolute atomic E-state index is 0.220. The summed E-state index contributed by atoms with van der Waals surface area (Å²) >= 11 is 0. The molecule has 0 aliphatic rings. The van der Waals surface area contributed by atoms with Gasteiger partial charge in [0.2, 0.25) is 0 Å². The molecule has 3 aromatic carbocycles. The molecular formula is C25H26N2O3. The van der Waals surface area contributed by atoms with Crippen molar-refractivity contribution in [1.82, 2.24) is 0 Å². The highest BCUT2D eigenvalue weighted by Crippen LogP contribution is 2.21. The van der Waals surface area contributed by atoms with Crippen LogP contribution in [0.3, 0.4) is 0 Å². The summed E-state index contributed by atoms with van der Waals surface area (Å²) in [5.41, 5.74) is 2.56. The van der Waals surface area contributed by atoms with E-state index in [9.17, 15) is 4.79 Å². The van der Waals surface area contributed by atoms with Gasteiger partial charge < -0.3 is 14.8 Å². The molecule has 0 unspecified atom stereocenters. The Morgan fingerprint density at radius 3 is 2.23 bits per heavy atom. The van der Waals surface area contributed by atoms with Gasteiger partial charge in [-0.1, -0.05) is 42.5 Å². The lowest BCUT2D eigenvalue weighted by atomic mass is 10.2. The molecule has 5 nitrogen and oxygen atoms in total. The number of methoxy groups -OCH3 is 1. The fourth-order valence-corrected chi connectivity index (χ4v) is 2.92. The van der Waals surface area contributed by atoms with Gasteiger partial charge in [-0.25, -0.2) is 4.79 Å². The molecule has 2 amide bonds. The van der Waals surface area contributed by atoms with Gasteiger partial charge in [0, 0.05) is 17.9 Å². The Hall–Kier alpha value is -3.73. The molecule has 0 aliphatic carbocycles. The maximum absolute atomic E-state index is 13.0. The number of benzene rings is 3. The second-order valence-electron chi connectivity index (χ2n) is 6.51. The Kier molecular flexibility index (Phi) is 7.50. The third kappa shape index (κ3) is 5.88. The number of nitrogens with zero attached hydrogens (tertiary/aromatic N) is 1. The third-order valence-corrected chi connectivity index (χ3v) is 4.44. The van der Waals surface area contributed by atoms with Crippen molar-refractivity contribution in [3.8, 4) is 11.5 Å². The first-order chi connectivity index (χ1) is 14.7. The van der Waals surface area contributed by atoms with Gasteiger partial charge in [-0.05, 0) is 61.0 Å². The molecule has 0 aliphatic heterocycles. The van der Waals surface area contributed by atoms with Crippen LogP contribution < -0.4 is 19.7 Å². The van der Waals surface area contributed by atoms with Gasteiger partial charge in [0.25, 0.3) is 0 Å². The van der Waals surface area contributed by atoms with Gasteiger partial charge in [0.15, 0.2) is 0 Å². The molecule has 0 aromatic heterocycles. The van der Waals surface area contributed by atoms with Crippen LogP contribution in [0.25, 0.3) is 6.08 Å². The molecule has 0 saturated carbocycles. The van der Waals surface area contributed by atoms with Crippen molar-refractivity contribution in [2.75, 3.05) is 30.5 Å². The van der Waals surface area contributed by atoms with Crippen molar-refractivity contribution in [3.63, 3.8) is 0 Å². The van der Waals surface area contributed by atoms with Crippen LogP contribution >= 0.6 is 0 Å².